The number of fused-ring (bicyclic) bond motifs is 4. The second-order valence-corrected chi connectivity index (χ2v) is 6.51. The molecule has 2 aliphatic carbocycles. The Bertz CT molecular complexity index is 523. The fourth-order valence-electron chi connectivity index (χ4n) is 3.94. The fraction of sp³-hybridized carbons (Fsp3) is 0.562. The molecule has 1 aromatic carbocycles. The summed E-state index contributed by atoms with van der Waals surface area (Å²) < 4.78 is 5.28. The standard InChI is InChI=1S/C16H19ClO2/c1-8(2)13-12-7-9-6-10(19-3)4-5-11(9)14(13)16(18)15(12)17/h4-6,8,12-15H,7H2,1-3H3/t12-,13?,14+,15-/m1/s1. The number of alkyl halides is 1. The van der Waals surface area contributed by atoms with Gasteiger partial charge in [-0.2, -0.15) is 0 Å². The van der Waals surface area contributed by atoms with Crippen molar-refractivity contribution in [3.63, 3.8) is 0 Å². The molecule has 0 N–H and O–H groups in total. The molecular formula is C16H19ClO2. The van der Waals surface area contributed by atoms with Crippen LogP contribution in [-0.2, 0) is 11.2 Å². The van der Waals surface area contributed by atoms with Crippen molar-refractivity contribution in [3.05, 3.63) is 29.3 Å². The van der Waals surface area contributed by atoms with E-state index in [1.807, 2.05) is 6.07 Å². The van der Waals surface area contributed by atoms with Gasteiger partial charge in [-0.15, -0.1) is 11.6 Å². The van der Waals surface area contributed by atoms with Crippen molar-refractivity contribution in [2.24, 2.45) is 17.8 Å². The summed E-state index contributed by atoms with van der Waals surface area (Å²) in [5.74, 6) is 2.21. The third kappa shape index (κ3) is 1.80. The van der Waals surface area contributed by atoms with E-state index in [0.717, 1.165) is 12.2 Å². The molecule has 0 amide bonds. The van der Waals surface area contributed by atoms with E-state index in [1.165, 1.54) is 11.1 Å². The molecule has 0 radical (unpaired) electrons. The van der Waals surface area contributed by atoms with Crippen LogP contribution in [0.5, 0.6) is 5.75 Å². The highest BCUT2D eigenvalue weighted by atomic mass is 35.5. The van der Waals surface area contributed by atoms with E-state index in [1.54, 1.807) is 7.11 Å². The van der Waals surface area contributed by atoms with Crippen LogP contribution >= 0.6 is 11.6 Å². The van der Waals surface area contributed by atoms with E-state index < -0.39 is 0 Å². The van der Waals surface area contributed by atoms with E-state index in [0.29, 0.717) is 11.8 Å². The van der Waals surface area contributed by atoms with Crippen molar-refractivity contribution in [2.75, 3.05) is 7.11 Å². The molecule has 1 fully saturated rings. The summed E-state index contributed by atoms with van der Waals surface area (Å²) in [6.45, 7) is 4.39. The fourth-order valence-corrected chi connectivity index (χ4v) is 4.33. The summed E-state index contributed by atoms with van der Waals surface area (Å²) in [6.07, 6.45) is 0.895. The number of rotatable bonds is 2. The summed E-state index contributed by atoms with van der Waals surface area (Å²) in [5, 5.41) is -0.323. The summed E-state index contributed by atoms with van der Waals surface area (Å²) in [5.41, 5.74) is 2.41. The van der Waals surface area contributed by atoms with Crippen LogP contribution < -0.4 is 4.74 Å². The van der Waals surface area contributed by atoms with Gasteiger partial charge < -0.3 is 4.74 Å². The third-order valence-corrected chi connectivity index (χ3v) is 5.28. The number of carbonyl (C=O) groups excluding carboxylic acids is 1. The summed E-state index contributed by atoms with van der Waals surface area (Å²) in [4.78, 5) is 12.5. The van der Waals surface area contributed by atoms with Crippen molar-refractivity contribution in [1.29, 1.82) is 0 Å². The smallest absolute Gasteiger partial charge is 0.158 e. The molecule has 102 valence electrons. The average Bonchev–Trinajstić information content (AvgIpc) is 2.59. The van der Waals surface area contributed by atoms with Gasteiger partial charge in [0.15, 0.2) is 5.78 Å². The molecule has 19 heavy (non-hydrogen) atoms. The highest BCUT2D eigenvalue weighted by Crippen LogP contribution is 2.53. The first-order valence-corrected chi connectivity index (χ1v) is 7.33. The minimum atomic E-state index is -0.323. The van der Waals surface area contributed by atoms with Gasteiger partial charge in [0.25, 0.3) is 0 Å². The van der Waals surface area contributed by atoms with Crippen molar-refractivity contribution in [1.82, 2.24) is 0 Å². The van der Waals surface area contributed by atoms with Crippen LogP contribution in [-0.4, -0.2) is 18.3 Å². The first kappa shape index (κ1) is 13.0. The quantitative estimate of drug-likeness (QED) is 0.775. The van der Waals surface area contributed by atoms with Gasteiger partial charge >= 0.3 is 0 Å². The van der Waals surface area contributed by atoms with Crippen molar-refractivity contribution in [2.45, 2.75) is 31.6 Å². The number of Topliss-reactive ketones (excluding diaryl/α,β-unsaturated/α-hetero) is 1. The van der Waals surface area contributed by atoms with E-state index in [-0.39, 0.29) is 23.0 Å². The lowest BCUT2D eigenvalue weighted by Gasteiger charge is -2.34. The molecule has 3 rings (SSSR count). The number of halogens is 1. The molecule has 2 bridgehead atoms. The predicted octanol–water partition coefficient (Wildman–Crippen LogP) is 3.41. The van der Waals surface area contributed by atoms with Gasteiger partial charge in [-0.3, -0.25) is 4.79 Å². The largest absolute Gasteiger partial charge is 0.497 e. The first-order chi connectivity index (χ1) is 9.04. The molecule has 0 aliphatic heterocycles. The molecular weight excluding hydrogens is 260 g/mol. The monoisotopic (exact) mass is 278 g/mol. The lowest BCUT2D eigenvalue weighted by Crippen LogP contribution is -2.29. The zero-order valence-electron chi connectivity index (χ0n) is 11.5. The minimum Gasteiger partial charge on any atom is -0.497 e. The Balaban J connectivity index is 2.10. The number of benzene rings is 1. The second-order valence-electron chi connectivity index (χ2n) is 6.04. The molecule has 2 nitrogen and oxygen atoms in total. The Morgan fingerprint density at radius 2 is 2.11 bits per heavy atom. The lowest BCUT2D eigenvalue weighted by atomic mass is 9.70. The maximum Gasteiger partial charge on any atom is 0.158 e. The third-order valence-electron chi connectivity index (χ3n) is 4.74. The summed E-state index contributed by atoms with van der Waals surface area (Å²) >= 11 is 6.39. The normalized spacial score (nSPS) is 32.6. The van der Waals surface area contributed by atoms with Crippen LogP contribution in [0, 0.1) is 17.8 Å². The van der Waals surface area contributed by atoms with E-state index in [2.05, 4.69) is 26.0 Å². The highest BCUT2D eigenvalue weighted by Gasteiger charge is 2.53. The molecule has 3 heteroatoms. The van der Waals surface area contributed by atoms with Crippen molar-refractivity contribution < 1.29 is 9.53 Å². The Morgan fingerprint density at radius 3 is 2.74 bits per heavy atom. The zero-order valence-corrected chi connectivity index (χ0v) is 12.3. The predicted molar refractivity (Wildman–Crippen MR) is 75.9 cm³/mol. The number of ether oxygens (including phenoxy) is 1. The Kier molecular flexibility index (Phi) is 3.09. The van der Waals surface area contributed by atoms with Gasteiger partial charge in [-0.05, 0) is 47.4 Å². The first-order valence-electron chi connectivity index (χ1n) is 6.89. The van der Waals surface area contributed by atoms with E-state index >= 15 is 0 Å². The maximum absolute atomic E-state index is 12.5. The highest BCUT2D eigenvalue weighted by molar-refractivity contribution is 6.33. The van der Waals surface area contributed by atoms with Gasteiger partial charge in [0.1, 0.15) is 5.75 Å². The van der Waals surface area contributed by atoms with Gasteiger partial charge in [0.2, 0.25) is 0 Å². The molecule has 1 unspecified atom stereocenters. The maximum atomic E-state index is 12.5. The molecule has 1 saturated carbocycles. The van der Waals surface area contributed by atoms with Gasteiger partial charge in [-0.25, -0.2) is 0 Å². The van der Waals surface area contributed by atoms with Gasteiger partial charge in [0, 0.05) is 5.92 Å². The molecule has 0 aromatic heterocycles. The van der Waals surface area contributed by atoms with Crippen LogP contribution in [0.4, 0.5) is 0 Å². The number of methoxy groups -OCH3 is 1. The number of ketones is 1. The summed E-state index contributed by atoms with van der Waals surface area (Å²) in [6, 6.07) is 6.07. The molecule has 0 spiro atoms. The molecule has 0 heterocycles. The Labute approximate surface area is 119 Å². The second kappa shape index (κ2) is 4.52. The lowest BCUT2D eigenvalue weighted by molar-refractivity contribution is -0.118. The van der Waals surface area contributed by atoms with Crippen LogP contribution in [0.25, 0.3) is 0 Å². The van der Waals surface area contributed by atoms with Crippen LogP contribution in [0.1, 0.15) is 30.9 Å². The van der Waals surface area contributed by atoms with Gasteiger partial charge in [-0.1, -0.05) is 19.9 Å². The topological polar surface area (TPSA) is 26.3 Å². The number of hydrogen-bond acceptors (Lipinski definition) is 2. The zero-order chi connectivity index (χ0) is 13.7. The van der Waals surface area contributed by atoms with Crippen molar-refractivity contribution >= 4 is 17.4 Å². The van der Waals surface area contributed by atoms with Gasteiger partial charge in [0.05, 0.1) is 12.5 Å². The van der Waals surface area contributed by atoms with Crippen molar-refractivity contribution in [3.8, 4) is 5.75 Å². The van der Waals surface area contributed by atoms with E-state index in [9.17, 15) is 4.79 Å². The minimum absolute atomic E-state index is 0.0119. The molecule has 0 saturated heterocycles. The Morgan fingerprint density at radius 1 is 1.37 bits per heavy atom. The number of hydrogen-bond donors (Lipinski definition) is 0. The average molecular weight is 279 g/mol. The molecule has 2 aliphatic rings. The van der Waals surface area contributed by atoms with Crippen LogP contribution in [0.3, 0.4) is 0 Å². The summed E-state index contributed by atoms with van der Waals surface area (Å²) in [7, 11) is 1.67. The van der Waals surface area contributed by atoms with E-state index in [4.69, 9.17) is 16.3 Å². The van der Waals surface area contributed by atoms with Crippen LogP contribution in [0.2, 0.25) is 0 Å². The Hall–Kier alpha value is -1.02. The number of carbonyl (C=O) groups is 1. The molecule has 1 aromatic rings. The SMILES string of the molecule is COc1ccc2c(c1)C[C@@H]1C(C(C)C)[C@H]2C(=O)[C@@H]1Cl. The molecule has 4 atom stereocenters. The van der Waals surface area contributed by atoms with Crippen LogP contribution in [0.15, 0.2) is 18.2 Å².